The smallest absolute Gasteiger partial charge is 0.0886 e. The van der Waals surface area contributed by atoms with E-state index < -0.39 is 0 Å². The van der Waals surface area contributed by atoms with E-state index in [0.29, 0.717) is 5.92 Å². The maximum Gasteiger partial charge on any atom is 0.0886 e. The molecule has 1 unspecified atom stereocenters. The second-order valence-electron chi connectivity index (χ2n) is 3.97. The fourth-order valence-electron chi connectivity index (χ4n) is 2.52. The molecule has 0 fully saturated rings. The van der Waals surface area contributed by atoms with Crippen LogP contribution in [-0.2, 0) is 4.74 Å². The van der Waals surface area contributed by atoms with E-state index in [0.717, 1.165) is 0 Å². The highest BCUT2D eigenvalue weighted by atomic mass is 16.5. The molecule has 1 nitrogen and oxygen atoms in total. The molecule has 0 bridgehead atoms. The molecule has 13 heavy (non-hydrogen) atoms. The Kier molecular flexibility index (Phi) is 3.98. The first kappa shape index (κ1) is 10.8. The van der Waals surface area contributed by atoms with Crippen molar-refractivity contribution in [1.82, 2.24) is 0 Å². The summed E-state index contributed by atoms with van der Waals surface area (Å²) < 4.78 is 5.74. The maximum atomic E-state index is 5.74. The van der Waals surface area contributed by atoms with Gasteiger partial charge in [0.2, 0.25) is 0 Å². The zero-order chi connectivity index (χ0) is 9.73. The van der Waals surface area contributed by atoms with Gasteiger partial charge >= 0.3 is 0 Å². The van der Waals surface area contributed by atoms with Crippen LogP contribution in [0.3, 0.4) is 0 Å². The molecule has 0 N–H and O–H groups in total. The fraction of sp³-hybridized carbons (Fsp3) is 0.833. The van der Waals surface area contributed by atoms with Crippen molar-refractivity contribution in [3.05, 3.63) is 12.2 Å². The third kappa shape index (κ3) is 2.14. The molecule has 0 heterocycles. The van der Waals surface area contributed by atoms with Gasteiger partial charge in [0.15, 0.2) is 0 Å². The van der Waals surface area contributed by atoms with Crippen LogP contribution in [0.4, 0.5) is 0 Å². The van der Waals surface area contributed by atoms with Gasteiger partial charge in [-0.25, -0.2) is 0 Å². The van der Waals surface area contributed by atoms with Gasteiger partial charge in [-0.1, -0.05) is 38.8 Å². The van der Waals surface area contributed by atoms with E-state index in [9.17, 15) is 0 Å². The van der Waals surface area contributed by atoms with Crippen LogP contribution in [0.25, 0.3) is 0 Å². The molecule has 1 atom stereocenters. The molecule has 76 valence electrons. The van der Waals surface area contributed by atoms with Crippen LogP contribution >= 0.6 is 0 Å². The number of hydrogen-bond acceptors (Lipinski definition) is 1. The van der Waals surface area contributed by atoms with Gasteiger partial charge in [0.25, 0.3) is 0 Å². The largest absolute Gasteiger partial charge is 0.374 e. The van der Waals surface area contributed by atoms with E-state index in [1.165, 1.54) is 32.1 Å². The van der Waals surface area contributed by atoms with Crippen molar-refractivity contribution < 1.29 is 4.74 Å². The monoisotopic (exact) mass is 182 g/mol. The highest BCUT2D eigenvalue weighted by Crippen LogP contribution is 2.36. The maximum absolute atomic E-state index is 5.74. The quantitative estimate of drug-likeness (QED) is 0.604. The van der Waals surface area contributed by atoms with Crippen molar-refractivity contribution in [2.45, 2.75) is 51.6 Å². The second kappa shape index (κ2) is 4.80. The van der Waals surface area contributed by atoms with E-state index in [2.05, 4.69) is 26.0 Å². The van der Waals surface area contributed by atoms with Crippen LogP contribution in [0.2, 0.25) is 0 Å². The number of rotatable bonds is 4. The van der Waals surface area contributed by atoms with Gasteiger partial charge in [-0.2, -0.15) is 0 Å². The number of ether oxygens (including phenoxy) is 1. The lowest BCUT2D eigenvalue weighted by Crippen LogP contribution is -2.38. The average Bonchev–Trinajstić information content (AvgIpc) is 2.21. The summed E-state index contributed by atoms with van der Waals surface area (Å²) >= 11 is 0. The summed E-state index contributed by atoms with van der Waals surface area (Å²) in [5.74, 6) is 0.689. The summed E-state index contributed by atoms with van der Waals surface area (Å²) in [4.78, 5) is 0. The van der Waals surface area contributed by atoms with Gasteiger partial charge in [-0.3, -0.25) is 0 Å². The van der Waals surface area contributed by atoms with E-state index in [1.807, 2.05) is 7.11 Å². The molecular weight excluding hydrogens is 160 g/mol. The van der Waals surface area contributed by atoms with Crippen LogP contribution in [0.5, 0.6) is 0 Å². The minimum absolute atomic E-state index is 0.0573. The van der Waals surface area contributed by atoms with E-state index in [4.69, 9.17) is 4.74 Å². The summed E-state index contributed by atoms with van der Waals surface area (Å²) in [6.45, 7) is 4.52. The Morgan fingerprint density at radius 2 is 2.08 bits per heavy atom. The van der Waals surface area contributed by atoms with Gasteiger partial charge in [0.1, 0.15) is 0 Å². The Balaban J connectivity index is 2.77. The van der Waals surface area contributed by atoms with E-state index >= 15 is 0 Å². The zero-order valence-electron chi connectivity index (χ0n) is 9.18. The lowest BCUT2D eigenvalue weighted by atomic mass is 9.77. The van der Waals surface area contributed by atoms with Crippen LogP contribution in [0, 0.1) is 5.92 Å². The van der Waals surface area contributed by atoms with Gasteiger partial charge in [0, 0.05) is 7.11 Å². The van der Waals surface area contributed by atoms with Crippen LogP contribution in [-0.4, -0.2) is 12.7 Å². The first-order valence-corrected chi connectivity index (χ1v) is 5.52. The van der Waals surface area contributed by atoms with Crippen LogP contribution in [0.1, 0.15) is 46.0 Å². The van der Waals surface area contributed by atoms with Crippen molar-refractivity contribution in [3.8, 4) is 0 Å². The van der Waals surface area contributed by atoms with Gasteiger partial charge in [-0.05, 0) is 25.2 Å². The molecule has 0 amide bonds. The normalized spacial score (nSPS) is 28.3. The summed E-state index contributed by atoms with van der Waals surface area (Å²) in [6, 6.07) is 0. The molecule has 1 aliphatic carbocycles. The Morgan fingerprint density at radius 1 is 1.38 bits per heavy atom. The molecule has 1 rings (SSSR count). The van der Waals surface area contributed by atoms with Crippen molar-refractivity contribution in [2.75, 3.05) is 7.11 Å². The fourth-order valence-corrected chi connectivity index (χ4v) is 2.52. The summed E-state index contributed by atoms with van der Waals surface area (Å²) in [6.07, 6.45) is 10.7. The van der Waals surface area contributed by atoms with Crippen molar-refractivity contribution >= 4 is 0 Å². The highest BCUT2D eigenvalue weighted by molar-refractivity contribution is 5.08. The molecule has 1 heteroatoms. The van der Waals surface area contributed by atoms with Gasteiger partial charge in [-0.15, -0.1) is 0 Å². The third-order valence-electron chi connectivity index (χ3n) is 3.39. The molecule has 0 aromatic carbocycles. The Hall–Kier alpha value is -0.300. The number of allylic oxidation sites excluding steroid dienone is 1. The Bertz CT molecular complexity index is 170. The lowest BCUT2D eigenvalue weighted by Gasteiger charge is -2.38. The average molecular weight is 182 g/mol. The van der Waals surface area contributed by atoms with Crippen molar-refractivity contribution in [2.24, 2.45) is 5.92 Å². The summed E-state index contributed by atoms with van der Waals surface area (Å²) in [5.41, 5.74) is 0.0573. The van der Waals surface area contributed by atoms with Crippen LogP contribution in [0.15, 0.2) is 12.2 Å². The first-order valence-electron chi connectivity index (χ1n) is 5.52. The molecule has 0 saturated heterocycles. The molecule has 0 aromatic heterocycles. The molecule has 0 aromatic rings. The number of methoxy groups -OCH3 is 1. The third-order valence-corrected chi connectivity index (χ3v) is 3.39. The highest BCUT2D eigenvalue weighted by Gasteiger charge is 2.34. The van der Waals surface area contributed by atoms with E-state index in [1.54, 1.807) is 0 Å². The second-order valence-corrected chi connectivity index (χ2v) is 3.97. The molecule has 0 spiro atoms. The summed E-state index contributed by atoms with van der Waals surface area (Å²) in [5, 5.41) is 0. The van der Waals surface area contributed by atoms with Gasteiger partial charge < -0.3 is 4.74 Å². The molecular formula is C12H22O. The molecule has 0 radical (unpaired) electrons. The molecule has 1 aliphatic rings. The Morgan fingerprint density at radius 3 is 2.46 bits per heavy atom. The lowest BCUT2D eigenvalue weighted by molar-refractivity contribution is -0.0318. The van der Waals surface area contributed by atoms with Crippen LogP contribution < -0.4 is 0 Å². The molecule has 0 aliphatic heterocycles. The predicted octanol–water partition coefficient (Wildman–Crippen LogP) is 3.55. The zero-order valence-corrected chi connectivity index (χ0v) is 9.18. The van der Waals surface area contributed by atoms with E-state index in [-0.39, 0.29) is 5.60 Å². The van der Waals surface area contributed by atoms with Crippen molar-refractivity contribution in [1.29, 1.82) is 0 Å². The topological polar surface area (TPSA) is 9.23 Å². The SMILES string of the molecule is CCC(CC)C1(OC)C=CCCC1. The predicted molar refractivity (Wildman–Crippen MR) is 56.8 cm³/mol. The minimum Gasteiger partial charge on any atom is -0.374 e. The van der Waals surface area contributed by atoms with Gasteiger partial charge in [0.05, 0.1) is 5.60 Å². The summed E-state index contributed by atoms with van der Waals surface area (Å²) in [7, 11) is 1.86. The standard InChI is InChI=1S/C12H22O/c1-4-11(5-2)12(13-3)9-7-6-8-10-12/h7,9,11H,4-6,8,10H2,1-3H3. The van der Waals surface area contributed by atoms with Crippen molar-refractivity contribution in [3.63, 3.8) is 0 Å². The minimum atomic E-state index is 0.0573. The first-order chi connectivity index (χ1) is 6.29. The molecule has 0 saturated carbocycles. The number of hydrogen-bond donors (Lipinski definition) is 0. The Labute approximate surface area is 82.2 Å².